The van der Waals surface area contributed by atoms with Crippen LogP contribution in [0.4, 0.5) is 0 Å². The Bertz CT molecular complexity index is 1390. The van der Waals surface area contributed by atoms with E-state index in [-0.39, 0.29) is 23.1 Å². The van der Waals surface area contributed by atoms with Crippen LogP contribution in [0, 0.1) is 19.8 Å². The number of hydrogen-bond donors (Lipinski definition) is 1. The first kappa shape index (κ1) is 27.6. The molecule has 1 heterocycles. The van der Waals surface area contributed by atoms with Gasteiger partial charge in [0.2, 0.25) is 5.75 Å². The Labute approximate surface area is 228 Å². The van der Waals surface area contributed by atoms with E-state index in [1.54, 1.807) is 6.92 Å². The summed E-state index contributed by atoms with van der Waals surface area (Å²) in [5.41, 5.74) is 4.58. The van der Waals surface area contributed by atoms with Crippen LogP contribution in [-0.2, 0) is 14.3 Å². The molecule has 0 aliphatic heterocycles. The highest BCUT2D eigenvalue weighted by molar-refractivity contribution is 5.99. The molecule has 1 amide bonds. The van der Waals surface area contributed by atoms with E-state index in [2.05, 4.69) is 10.3 Å². The monoisotopic (exact) mass is 528 g/mol. The minimum Gasteiger partial charge on any atom is -0.493 e. The predicted octanol–water partition coefficient (Wildman–Crippen LogP) is 5.16. The summed E-state index contributed by atoms with van der Waals surface area (Å²) in [4.78, 5) is 42.7. The third-order valence-corrected chi connectivity index (χ3v) is 6.55. The van der Waals surface area contributed by atoms with Crippen LogP contribution in [0.25, 0.3) is 5.57 Å². The Hall–Kier alpha value is -4.46. The molecule has 1 N–H and O–H groups in total. The van der Waals surface area contributed by atoms with Crippen LogP contribution in [0.1, 0.15) is 59.4 Å². The van der Waals surface area contributed by atoms with Crippen molar-refractivity contribution < 1.29 is 28.6 Å². The number of amides is 1. The highest BCUT2D eigenvalue weighted by Crippen LogP contribution is 2.35. The summed E-state index contributed by atoms with van der Waals surface area (Å²) in [5, 5.41) is 2.61. The number of esters is 2. The standard InChI is InChI=1S/C31H32N2O6/c1-18-10-6-8-12-23(18)26(24-13-9-7-11-19(24)2)21(4)38-30(35)20(3)33-29(34)27-28(25(37-5)16-17-32-27)39-31(36)22-14-15-22/h6-13,16-17,20,22H,14-15H2,1-5H3,(H,33,34)/t20-/m0/s1. The largest absolute Gasteiger partial charge is 0.493 e. The van der Waals surface area contributed by atoms with Crippen LogP contribution in [0.2, 0.25) is 0 Å². The van der Waals surface area contributed by atoms with Gasteiger partial charge in [0, 0.05) is 17.8 Å². The van der Waals surface area contributed by atoms with Crippen LogP contribution in [0.5, 0.6) is 11.5 Å². The van der Waals surface area contributed by atoms with Gasteiger partial charge in [0.1, 0.15) is 11.8 Å². The van der Waals surface area contributed by atoms with Crippen LogP contribution < -0.4 is 14.8 Å². The molecule has 2 aromatic carbocycles. The van der Waals surface area contributed by atoms with Crippen molar-refractivity contribution in [3.63, 3.8) is 0 Å². The number of benzene rings is 2. The van der Waals surface area contributed by atoms with Crippen LogP contribution >= 0.6 is 0 Å². The van der Waals surface area contributed by atoms with Gasteiger partial charge in [-0.1, -0.05) is 48.5 Å². The van der Waals surface area contributed by atoms with Gasteiger partial charge in [-0.3, -0.25) is 9.59 Å². The minimum absolute atomic E-state index is 0.0764. The number of carbonyl (C=O) groups excluding carboxylic acids is 3. The number of pyridine rings is 1. The van der Waals surface area contributed by atoms with E-state index in [0.717, 1.165) is 40.7 Å². The number of aromatic nitrogens is 1. The second kappa shape index (κ2) is 11.9. The molecule has 0 spiro atoms. The third kappa shape index (κ3) is 6.34. The average molecular weight is 529 g/mol. The highest BCUT2D eigenvalue weighted by atomic mass is 16.6. The molecular formula is C31H32N2O6. The topological polar surface area (TPSA) is 104 Å². The van der Waals surface area contributed by atoms with Crippen molar-refractivity contribution in [3.8, 4) is 11.5 Å². The van der Waals surface area contributed by atoms with Crippen molar-refractivity contribution >= 4 is 23.4 Å². The maximum absolute atomic E-state index is 13.1. The molecule has 8 heteroatoms. The number of nitrogens with one attached hydrogen (secondary N) is 1. The van der Waals surface area contributed by atoms with Gasteiger partial charge in [0.05, 0.1) is 13.0 Å². The number of nitrogens with zero attached hydrogens (tertiary/aromatic N) is 1. The number of ether oxygens (including phenoxy) is 3. The van der Waals surface area contributed by atoms with Crippen molar-refractivity contribution in [2.24, 2.45) is 5.92 Å². The lowest BCUT2D eigenvalue weighted by atomic mass is 9.91. The van der Waals surface area contributed by atoms with Crippen LogP contribution in [0.3, 0.4) is 0 Å². The molecule has 4 rings (SSSR count). The summed E-state index contributed by atoms with van der Waals surface area (Å²) in [5.74, 6) is -1.46. The smallest absolute Gasteiger partial charge is 0.333 e. The van der Waals surface area contributed by atoms with Gasteiger partial charge in [0.15, 0.2) is 11.4 Å². The van der Waals surface area contributed by atoms with Crippen molar-refractivity contribution in [1.29, 1.82) is 0 Å². The lowest BCUT2D eigenvalue weighted by molar-refractivity contribution is -0.141. The summed E-state index contributed by atoms with van der Waals surface area (Å²) < 4.78 is 16.5. The van der Waals surface area contributed by atoms with Crippen LogP contribution in [-0.4, -0.2) is 36.0 Å². The maximum Gasteiger partial charge on any atom is 0.333 e. The van der Waals surface area contributed by atoms with E-state index < -0.39 is 23.9 Å². The second-order valence-corrected chi connectivity index (χ2v) is 9.56. The lowest BCUT2D eigenvalue weighted by Crippen LogP contribution is -2.40. The predicted molar refractivity (Wildman–Crippen MR) is 146 cm³/mol. The Morgan fingerprint density at radius 1 is 0.949 bits per heavy atom. The molecule has 1 aliphatic rings. The number of allylic oxidation sites excluding steroid dienone is 1. The fourth-order valence-corrected chi connectivity index (χ4v) is 4.20. The molecule has 1 aromatic heterocycles. The molecule has 3 aromatic rings. The maximum atomic E-state index is 13.1. The van der Waals surface area contributed by atoms with Crippen molar-refractivity contribution in [1.82, 2.24) is 10.3 Å². The molecule has 0 saturated heterocycles. The fraction of sp³-hybridized carbons (Fsp3) is 0.290. The Kier molecular flexibility index (Phi) is 8.44. The lowest BCUT2D eigenvalue weighted by Gasteiger charge is -2.19. The molecule has 1 atom stereocenters. The number of hydrogen-bond acceptors (Lipinski definition) is 7. The molecular weight excluding hydrogens is 496 g/mol. The first-order chi connectivity index (χ1) is 18.7. The van der Waals surface area contributed by atoms with Crippen molar-refractivity contribution in [3.05, 3.63) is 94.5 Å². The van der Waals surface area contributed by atoms with Gasteiger partial charge in [-0.2, -0.15) is 0 Å². The minimum atomic E-state index is -1.03. The number of methoxy groups -OCH3 is 1. The summed E-state index contributed by atoms with van der Waals surface area (Å²) in [6.07, 6.45) is 2.85. The average Bonchev–Trinajstić information content (AvgIpc) is 3.77. The molecule has 1 saturated carbocycles. The molecule has 0 bridgehead atoms. The number of aryl methyl sites for hydroxylation is 2. The van der Waals surface area contributed by atoms with Crippen molar-refractivity contribution in [2.75, 3.05) is 7.11 Å². The zero-order valence-corrected chi connectivity index (χ0v) is 22.7. The summed E-state index contributed by atoms with van der Waals surface area (Å²) in [6.45, 7) is 7.26. The van der Waals surface area contributed by atoms with Gasteiger partial charge in [0.25, 0.3) is 5.91 Å². The summed E-state index contributed by atoms with van der Waals surface area (Å²) >= 11 is 0. The normalized spacial score (nSPS) is 13.2. The van der Waals surface area contributed by atoms with Crippen molar-refractivity contribution in [2.45, 2.75) is 46.6 Å². The Morgan fingerprint density at radius 3 is 2.08 bits per heavy atom. The zero-order chi connectivity index (χ0) is 28.1. The van der Waals surface area contributed by atoms with E-state index >= 15 is 0 Å². The molecule has 0 radical (unpaired) electrons. The molecule has 202 valence electrons. The van der Waals surface area contributed by atoms with Crippen LogP contribution in [0.15, 0.2) is 66.6 Å². The summed E-state index contributed by atoms with van der Waals surface area (Å²) in [6, 6.07) is 16.2. The van der Waals surface area contributed by atoms with Gasteiger partial charge in [-0.15, -0.1) is 0 Å². The Morgan fingerprint density at radius 2 is 1.54 bits per heavy atom. The van der Waals surface area contributed by atoms with E-state index in [0.29, 0.717) is 5.76 Å². The highest BCUT2D eigenvalue weighted by Gasteiger charge is 2.34. The van der Waals surface area contributed by atoms with E-state index in [1.165, 1.54) is 26.3 Å². The zero-order valence-electron chi connectivity index (χ0n) is 22.7. The summed E-state index contributed by atoms with van der Waals surface area (Å²) in [7, 11) is 1.40. The fourth-order valence-electron chi connectivity index (χ4n) is 4.20. The molecule has 8 nitrogen and oxygen atoms in total. The quantitative estimate of drug-likeness (QED) is 0.302. The first-order valence-corrected chi connectivity index (χ1v) is 12.8. The van der Waals surface area contributed by atoms with E-state index in [4.69, 9.17) is 14.2 Å². The Balaban J connectivity index is 1.57. The van der Waals surface area contributed by atoms with Gasteiger partial charge < -0.3 is 19.5 Å². The van der Waals surface area contributed by atoms with Gasteiger partial charge in [-0.05, 0) is 62.8 Å². The number of carbonyl (C=O) groups is 3. The molecule has 39 heavy (non-hydrogen) atoms. The van der Waals surface area contributed by atoms with E-state index in [9.17, 15) is 14.4 Å². The van der Waals surface area contributed by atoms with Gasteiger partial charge in [-0.25, -0.2) is 9.78 Å². The SMILES string of the molecule is COc1ccnc(C(=O)N[C@@H](C)C(=O)OC(C)=C(c2ccccc2C)c2ccccc2C)c1OC(=O)C1CC1. The third-order valence-electron chi connectivity index (χ3n) is 6.55. The van der Waals surface area contributed by atoms with E-state index in [1.807, 2.05) is 62.4 Å². The molecule has 1 aliphatic carbocycles. The second-order valence-electron chi connectivity index (χ2n) is 9.56. The molecule has 0 unspecified atom stereocenters. The van der Waals surface area contributed by atoms with Gasteiger partial charge >= 0.3 is 11.9 Å². The molecule has 1 fully saturated rings. The first-order valence-electron chi connectivity index (χ1n) is 12.8. The number of rotatable bonds is 9.